The lowest BCUT2D eigenvalue weighted by Gasteiger charge is -2.18. The molecule has 1 fully saturated rings. The van der Waals surface area contributed by atoms with Crippen LogP contribution in [0.2, 0.25) is 0 Å². The van der Waals surface area contributed by atoms with Crippen molar-refractivity contribution in [2.45, 2.75) is 18.9 Å². The molecule has 1 unspecified atom stereocenters. The Hall–Kier alpha value is -1.62. The number of nitrogens with two attached hydrogens (primary N) is 1. The summed E-state index contributed by atoms with van der Waals surface area (Å²) in [7, 11) is 0. The van der Waals surface area contributed by atoms with E-state index in [4.69, 9.17) is 5.73 Å². The zero-order chi connectivity index (χ0) is 11.8. The van der Waals surface area contributed by atoms with Gasteiger partial charge in [-0.3, -0.25) is 4.79 Å². The number of nitrogens with zero attached hydrogens (tertiary/aromatic N) is 2. The molecule has 1 aromatic rings. The van der Waals surface area contributed by atoms with Crippen LogP contribution >= 0.6 is 0 Å². The van der Waals surface area contributed by atoms with Gasteiger partial charge in [-0.2, -0.15) is 0 Å². The Balaban J connectivity index is 2.12. The maximum absolute atomic E-state index is 12.0. The summed E-state index contributed by atoms with van der Waals surface area (Å²) in [5.74, 6) is 0.287. The summed E-state index contributed by atoms with van der Waals surface area (Å²) < 4.78 is 0. The van der Waals surface area contributed by atoms with Crippen LogP contribution in [0.15, 0.2) is 18.3 Å². The second kappa shape index (κ2) is 3.75. The number of amides is 1. The highest BCUT2D eigenvalue weighted by molar-refractivity contribution is 5.94. The maximum Gasteiger partial charge on any atom is 0.255 e. The Morgan fingerprint density at radius 3 is 2.88 bits per heavy atom. The highest BCUT2D eigenvalue weighted by atomic mass is 16.3. The number of hydrogen-bond acceptors (Lipinski definition) is 4. The van der Waals surface area contributed by atoms with Crippen LogP contribution in [-0.4, -0.2) is 39.6 Å². The van der Waals surface area contributed by atoms with E-state index in [1.807, 2.05) is 0 Å². The van der Waals surface area contributed by atoms with Crippen LogP contribution < -0.4 is 5.73 Å². The number of aromatic nitrogens is 1. The van der Waals surface area contributed by atoms with Gasteiger partial charge in [-0.15, -0.1) is 0 Å². The summed E-state index contributed by atoms with van der Waals surface area (Å²) in [4.78, 5) is 17.5. The van der Waals surface area contributed by atoms with Gasteiger partial charge in [-0.1, -0.05) is 0 Å². The fourth-order valence-electron chi connectivity index (χ4n) is 1.83. The first kappa shape index (κ1) is 10.9. The maximum atomic E-state index is 12.0. The number of carbonyl (C=O) groups excluding carboxylic acids is 1. The van der Waals surface area contributed by atoms with Crippen molar-refractivity contribution in [2.24, 2.45) is 0 Å². The molecule has 1 amide bonds. The first-order valence-electron chi connectivity index (χ1n) is 5.21. The monoisotopic (exact) mass is 221 g/mol. The first-order valence-corrected chi connectivity index (χ1v) is 5.21. The minimum atomic E-state index is -0.767. The van der Waals surface area contributed by atoms with Crippen LogP contribution in [0.1, 0.15) is 23.7 Å². The third-order valence-electron chi connectivity index (χ3n) is 2.77. The van der Waals surface area contributed by atoms with Gasteiger partial charge in [0.05, 0.1) is 11.2 Å². The fraction of sp³-hybridized carbons (Fsp3) is 0.455. The van der Waals surface area contributed by atoms with Gasteiger partial charge < -0.3 is 15.7 Å². The molecule has 1 saturated heterocycles. The molecule has 16 heavy (non-hydrogen) atoms. The van der Waals surface area contributed by atoms with Crippen molar-refractivity contribution >= 4 is 11.7 Å². The summed E-state index contributed by atoms with van der Waals surface area (Å²) >= 11 is 0. The van der Waals surface area contributed by atoms with E-state index >= 15 is 0 Å². The highest BCUT2D eigenvalue weighted by Gasteiger charge is 2.34. The van der Waals surface area contributed by atoms with Crippen molar-refractivity contribution in [3.8, 4) is 0 Å². The normalized spacial score (nSPS) is 24.8. The Labute approximate surface area is 93.9 Å². The molecule has 0 bridgehead atoms. The van der Waals surface area contributed by atoms with Crippen LogP contribution in [0.3, 0.4) is 0 Å². The molecule has 86 valence electrons. The molecule has 1 aliphatic rings. The first-order chi connectivity index (χ1) is 7.48. The molecule has 3 N–H and O–H groups in total. The van der Waals surface area contributed by atoms with Crippen molar-refractivity contribution in [1.29, 1.82) is 0 Å². The molecule has 5 heteroatoms. The van der Waals surface area contributed by atoms with Crippen molar-refractivity contribution < 1.29 is 9.90 Å². The topological polar surface area (TPSA) is 79.5 Å². The molecule has 0 aromatic carbocycles. The van der Waals surface area contributed by atoms with Crippen LogP contribution in [0.5, 0.6) is 0 Å². The molecule has 2 heterocycles. The fourth-order valence-corrected chi connectivity index (χ4v) is 1.83. The van der Waals surface area contributed by atoms with Gasteiger partial charge in [-0.05, 0) is 25.5 Å². The van der Waals surface area contributed by atoms with Gasteiger partial charge in [0.15, 0.2) is 0 Å². The Morgan fingerprint density at radius 2 is 2.38 bits per heavy atom. The third-order valence-corrected chi connectivity index (χ3v) is 2.77. The van der Waals surface area contributed by atoms with E-state index in [0.717, 1.165) is 0 Å². The van der Waals surface area contributed by atoms with Gasteiger partial charge in [0.1, 0.15) is 5.82 Å². The lowest BCUT2D eigenvalue weighted by Crippen LogP contribution is -2.33. The SMILES string of the molecule is CC1(O)CCN(C(=O)c2ccc(N)nc2)C1. The van der Waals surface area contributed by atoms with Crippen molar-refractivity contribution in [3.05, 3.63) is 23.9 Å². The minimum Gasteiger partial charge on any atom is -0.388 e. The van der Waals surface area contributed by atoms with Crippen molar-refractivity contribution in [3.63, 3.8) is 0 Å². The van der Waals surface area contributed by atoms with E-state index < -0.39 is 5.60 Å². The molecular formula is C11H15N3O2. The van der Waals surface area contributed by atoms with Gasteiger partial charge in [0, 0.05) is 19.3 Å². The van der Waals surface area contributed by atoms with Gasteiger partial charge in [0.25, 0.3) is 5.91 Å². The Bertz CT molecular complexity index is 400. The number of likely N-dealkylation sites (tertiary alicyclic amines) is 1. The number of carbonyl (C=O) groups is 1. The summed E-state index contributed by atoms with van der Waals surface area (Å²) in [6.45, 7) is 2.69. The number of hydrogen-bond donors (Lipinski definition) is 2. The molecule has 1 aliphatic heterocycles. The van der Waals surface area contributed by atoms with Crippen LogP contribution in [-0.2, 0) is 0 Å². The molecule has 0 saturated carbocycles. The second-order valence-electron chi connectivity index (χ2n) is 4.45. The molecule has 1 aromatic heterocycles. The van der Waals surface area contributed by atoms with E-state index in [1.165, 1.54) is 6.20 Å². The van der Waals surface area contributed by atoms with E-state index in [0.29, 0.717) is 30.9 Å². The molecule has 5 nitrogen and oxygen atoms in total. The number of pyridine rings is 1. The van der Waals surface area contributed by atoms with Crippen LogP contribution in [0.25, 0.3) is 0 Å². The van der Waals surface area contributed by atoms with E-state index in [-0.39, 0.29) is 5.91 Å². The summed E-state index contributed by atoms with van der Waals surface area (Å²) in [6.07, 6.45) is 2.08. The van der Waals surface area contributed by atoms with Gasteiger partial charge in [0.2, 0.25) is 0 Å². The van der Waals surface area contributed by atoms with Crippen LogP contribution in [0, 0.1) is 0 Å². The number of anilines is 1. The minimum absolute atomic E-state index is 0.106. The average Bonchev–Trinajstić information content (AvgIpc) is 2.59. The summed E-state index contributed by atoms with van der Waals surface area (Å²) in [5.41, 5.74) is 5.19. The standard InChI is InChI=1S/C11H15N3O2/c1-11(16)4-5-14(7-11)10(15)8-2-3-9(12)13-6-8/h2-3,6,16H,4-5,7H2,1H3,(H2,12,13). The Morgan fingerprint density at radius 1 is 1.62 bits per heavy atom. The average molecular weight is 221 g/mol. The zero-order valence-electron chi connectivity index (χ0n) is 9.18. The smallest absolute Gasteiger partial charge is 0.255 e. The predicted molar refractivity (Wildman–Crippen MR) is 59.8 cm³/mol. The molecule has 0 spiro atoms. The van der Waals surface area contributed by atoms with Gasteiger partial charge in [-0.25, -0.2) is 4.98 Å². The molecule has 0 aliphatic carbocycles. The Kier molecular flexibility index (Phi) is 2.55. The van der Waals surface area contributed by atoms with Crippen molar-refractivity contribution in [1.82, 2.24) is 9.88 Å². The third kappa shape index (κ3) is 2.14. The predicted octanol–water partition coefficient (Wildman–Crippen LogP) is 0.261. The largest absolute Gasteiger partial charge is 0.388 e. The molecular weight excluding hydrogens is 206 g/mol. The van der Waals surface area contributed by atoms with E-state index in [9.17, 15) is 9.90 Å². The molecule has 0 radical (unpaired) electrons. The number of nitrogen functional groups attached to an aromatic ring is 1. The van der Waals surface area contributed by atoms with E-state index in [2.05, 4.69) is 4.98 Å². The number of rotatable bonds is 1. The summed E-state index contributed by atoms with van der Waals surface area (Å²) in [6, 6.07) is 3.25. The zero-order valence-corrected chi connectivity index (χ0v) is 9.18. The highest BCUT2D eigenvalue weighted by Crippen LogP contribution is 2.21. The van der Waals surface area contributed by atoms with Gasteiger partial charge >= 0.3 is 0 Å². The second-order valence-corrected chi connectivity index (χ2v) is 4.45. The lowest BCUT2D eigenvalue weighted by atomic mass is 10.1. The van der Waals surface area contributed by atoms with E-state index in [1.54, 1.807) is 24.0 Å². The quantitative estimate of drug-likeness (QED) is 0.713. The molecule has 2 rings (SSSR count). The van der Waals surface area contributed by atoms with Crippen molar-refractivity contribution in [2.75, 3.05) is 18.8 Å². The number of aliphatic hydroxyl groups is 1. The van der Waals surface area contributed by atoms with Crippen LogP contribution in [0.4, 0.5) is 5.82 Å². The lowest BCUT2D eigenvalue weighted by molar-refractivity contribution is 0.0572. The summed E-state index contributed by atoms with van der Waals surface area (Å²) in [5, 5.41) is 9.78. The number of β-amino-alcohol motifs (C(OH)–C–C–N with tert-alkyl or cyclic N) is 1. The molecule has 1 atom stereocenters.